The second-order valence-corrected chi connectivity index (χ2v) is 3.31. The molecule has 0 aromatic carbocycles. The molecule has 0 fully saturated rings. The molecule has 0 unspecified atom stereocenters. The predicted molar refractivity (Wildman–Crippen MR) is 53.1 cm³/mol. The lowest BCUT2D eigenvalue weighted by Gasteiger charge is -2.09. The zero-order valence-corrected chi connectivity index (χ0v) is 8.99. The van der Waals surface area contributed by atoms with Crippen LogP contribution in [0.2, 0.25) is 0 Å². The number of hydrogen-bond acceptors (Lipinski definition) is 3. The molecule has 9 N–H and O–H groups in total. The van der Waals surface area contributed by atoms with Crippen molar-refractivity contribution < 1.29 is 25.4 Å². The van der Waals surface area contributed by atoms with Gasteiger partial charge in [0, 0.05) is 6.42 Å². The average Bonchev–Trinajstić information content (AvgIpc) is 2.20. The highest BCUT2D eigenvalue weighted by atomic mass is 16.4. The summed E-state index contributed by atoms with van der Waals surface area (Å²) in [6.45, 7) is 0.0503. The molecule has 16 heavy (non-hydrogen) atoms. The van der Waals surface area contributed by atoms with Crippen molar-refractivity contribution in [3.63, 3.8) is 0 Å². The largest absolute Gasteiger partial charge is 0.548 e. The van der Waals surface area contributed by atoms with Crippen molar-refractivity contribution in [2.24, 2.45) is 11.5 Å². The fraction of sp³-hybridized carbons (Fsp3) is 0.625. The number of guanidine groups is 1. The van der Waals surface area contributed by atoms with E-state index in [0.717, 1.165) is 0 Å². The Morgan fingerprint density at radius 2 is 2.06 bits per heavy atom. The Labute approximate surface area is 92.9 Å². The normalized spacial score (nSPS) is 11.6. The summed E-state index contributed by atoms with van der Waals surface area (Å²) in [6, 6.07) is -0.500. The summed E-state index contributed by atoms with van der Waals surface area (Å²) in [7, 11) is 0. The topological polar surface area (TPSA) is 163 Å². The molecule has 0 aliphatic heterocycles. The summed E-state index contributed by atoms with van der Waals surface area (Å²) in [5.74, 6) is -1.61. The third kappa shape index (κ3) is 7.56. The van der Waals surface area contributed by atoms with E-state index in [1.165, 1.54) is 0 Å². The van der Waals surface area contributed by atoms with E-state index in [2.05, 4.69) is 16.0 Å². The monoisotopic (exact) mass is 232 g/mol. The van der Waals surface area contributed by atoms with Gasteiger partial charge in [0.1, 0.15) is 0 Å². The Bertz CT molecular complexity index is 275. The summed E-state index contributed by atoms with van der Waals surface area (Å²) >= 11 is 0. The van der Waals surface area contributed by atoms with E-state index in [9.17, 15) is 14.7 Å². The molecule has 0 aliphatic carbocycles. The molecule has 0 aliphatic rings. The third-order valence-electron chi connectivity index (χ3n) is 1.84. The van der Waals surface area contributed by atoms with Crippen molar-refractivity contribution in [3.05, 3.63) is 0 Å². The first-order chi connectivity index (χ1) is 7.43. The van der Waals surface area contributed by atoms with Gasteiger partial charge in [0.05, 0.1) is 19.1 Å². The van der Waals surface area contributed by atoms with E-state index < -0.39 is 24.5 Å². The van der Waals surface area contributed by atoms with Crippen LogP contribution in [0.3, 0.4) is 0 Å². The van der Waals surface area contributed by atoms with Gasteiger partial charge < -0.3 is 21.0 Å². The predicted octanol–water partition coefficient (Wildman–Crippen LogP) is -6.40. The van der Waals surface area contributed by atoms with E-state index in [-0.39, 0.29) is 5.96 Å². The molecule has 0 radical (unpaired) electrons. The molecule has 0 saturated carbocycles. The minimum atomic E-state index is -1.33. The van der Waals surface area contributed by atoms with Gasteiger partial charge in [0.25, 0.3) is 5.91 Å². The first-order valence-corrected chi connectivity index (χ1v) is 4.86. The standard InChI is InChI=1S/C8H17N5O3/c9-5(2-1-3-12-8(10)11)7(16)13-4-6(14)15/h5H,1-4,9H2,(H,13,16)(H,14,15)(H4,10,11,12)/p+1/t5-/m0/s1. The molecule has 0 heterocycles. The van der Waals surface area contributed by atoms with Gasteiger partial charge in [0.15, 0.2) is 6.04 Å². The second-order valence-electron chi connectivity index (χ2n) is 3.31. The molecule has 0 aromatic heterocycles. The molecule has 0 aromatic rings. The van der Waals surface area contributed by atoms with E-state index in [0.29, 0.717) is 19.4 Å². The van der Waals surface area contributed by atoms with Crippen LogP contribution in [0.5, 0.6) is 0 Å². The van der Waals surface area contributed by atoms with E-state index in [4.69, 9.17) is 11.5 Å². The lowest BCUT2D eigenvalue weighted by atomic mass is 10.1. The molecule has 1 atom stereocenters. The van der Waals surface area contributed by atoms with Gasteiger partial charge in [-0.2, -0.15) is 0 Å². The highest BCUT2D eigenvalue weighted by Gasteiger charge is 2.15. The number of carboxylic acid groups (broad SMARTS) is 1. The summed E-state index contributed by atoms with van der Waals surface area (Å²) in [6.07, 6.45) is 1.17. The summed E-state index contributed by atoms with van der Waals surface area (Å²) in [5, 5.41) is 12.3. The number of carboxylic acids is 1. The number of hydrogen-bond donors (Lipinski definition) is 5. The van der Waals surface area contributed by atoms with Crippen LogP contribution in [-0.4, -0.2) is 37.0 Å². The van der Waals surface area contributed by atoms with Crippen molar-refractivity contribution in [2.45, 2.75) is 18.9 Å². The first kappa shape index (κ1) is 14.2. The molecule has 0 bridgehead atoms. The highest BCUT2D eigenvalue weighted by molar-refractivity contribution is 5.83. The Balaban J connectivity index is 3.71. The molecular weight excluding hydrogens is 214 g/mol. The van der Waals surface area contributed by atoms with Gasteiger partial charge in [0.2, 0.25) is 0 Å². The molecule has 92 valence electrons. The maximum Gasteiger partial charge on any atom is 0.338 e. The van der Waals surface area contributed by atoms with Gasteiger partial charge >= 0.3 is 5.96 Å². The summed E-state index contributed by atoms with van der Waals surface area (Å²) in [4.78, 5) is 24.0. The number of carbonyl (C=O) groups excluding carboxylic acids is 2. The molecule has 0 rings (SSSR count). The zero-order valence-electron chi connectivity index (χ0n) is 8.99. The van der Waals surface area contributed by atoms with E-state index in [1.54, 1.807) is 0 Å². The van der Waals surface area contributed by atoms with Gasteiger partial charge in [-0.1, -0.05) is 0 Å². The number of aliphatic carboxylic acids is 1. The maximum atomic E-state index is 11.2. The van der Waals surface area contributed by atoms with Crippen molar-refractivity contribution in [1.82, 2.24) is 5.32 Å². The highest BCUT2D eigenvalue weighted by Crippen LogP contribution is 1.89. The first-order valence-electron chi connectivity index (χ1n) is 4.86. The zero-order chi connectivity index (χ0) is 12.6. The Hall–Kier alpha value is -1.83. The van der Waals surface area contributed by atoms with Crippen LogP contribution >= 0.6 is 0 Å². The summed E-state index contributed by atoms with van der Waals surface area (Å²) < 4.78 is 0. The molecule has 0 saturated heterocycles. The Morgan fingerprint density at radius 1 is 1.44 bits per heavy atom. The maximum absolute atomic E-state index is 11.2. The van der Waals surface area contributed by atoms with Gasteiger partial charge in [-0.15, -0.1) is 0 Å². The number of carbonyl (C=O) groups is 2. The van der Waals surface area contributed by atoms with Crippen molar-refractivity contribution >= 4 is 17.8 Å². The van der Waals surface area contributed by atoms with Crippen LogP contribution < -0.4 is 32.6 Å². The minimum absolute atomic E-state index is 0.127. The van der Waals surface area contributed by atoms with E-state index in [1.807, 2.05) is 0 Å². The smallest absolute Gasteiger partial charge is 0.338 e. The number of amides is 1. The molecule has 1 amide bonds. The SMILES string of the molecule is NC(N)=[NH+]CCC[C@H]([NH3+])C(=O)NCC(=O)[O-]. The quantitative estimate of drug-likeness (QED) is 0.167. The lowest BCUT2D eigenvalue weighted by molar-refractivity contribution is -0.463. The number of nitrogens with one attached hydrogen (secondary N) is 2. The van der Waals surface area contributed by atoms with Crippen LogP contribution in [0.1, 0.15) is 12.8 Å². The molecule has 8 heteroatoms. The van der Waals surface area contributed by atoms with Crippen LogP contribution in [0.25, 0.3) is 0 Å². The van der Waals surface area contributed by atoms with Crippen molar-refractivity contribution in [3.8, 4) is 0 Å². The van der Waals surface area contributed by atoms with Crippen molar-refractivity contribution in [2.75, 3.05) is 13.1 Å². The van der Waals surface area contributed by atoms with Gasteiger partial charge in [-0.3, -0.25) is 21.3 Å². The molecule has 0 spiro atoms. The average molecular weight is 232 g/mol. The Morgan fingerprint density at radius 3 is 2.56 bits per heavy atom. The van der Waals surface area contributed by atoms with Crippen LogP contribution in [0.4, 0.5) is 0 Å². The molecule has 8 nitrogen and oxygen atoms in total. The third-order valence-corrected chi connectivity index (χ3v) is 1.84. The number of quaternary nitrogens is 1. The number of rotatable bonds is 7. The fourth-order valence-electron chi connectivity index (χ4n) is 1.02. The molecular formula is C8H18N5O3+. The van der Waals surface area contributed by atoms with Crippen LogP contribution in [0, 0.1) is 0 Å². The van der Waals surface area contributed by atoms with Crippen molar-refractivity contribution in [1.29, 1.82) is 0 Å². The van der Waals surface area contributed by atoms with Gasteiger partial charge in [-0.05, 0) is 6.42 Å². The van der Waals surface area contributed by atoms with Crippen LogP contribution in [-0.2, 0) is 9.59 Å². The van der Waals surface area contributed by atoms with Crippen LogP contribution in [0.15, 0.2) is 0 Å². The number of nitrogens with two attached hydrogens (primary N) is 2. The second kappa shape index (κ2) is 7.46. The minimum Gasteiger partial charge on any atom is -0.548 e. The summed E-state index contributed by atoms with van der Waals surface area (Å²) in [5.41, 5.74) is 13.9. The van der Waals surface area contributed by atoms with E-state index >= 15 is 0 Å². The Kier molecular flexibility index (Phi) is 6.61. The lowest BCUT2D eigenvalue weighted by Crippen LogP contribution is -2.78. The fourth-order valence-corrected chi connectivity index (χ4v) is 1.02. The van der Waals surface area contributed by atoms with Gasteiger partial charge in [-0.25, -0.2) is 0 Å².